The number of nitrogens with zero attached hydrogens (tertiary/aromatic N) is 2. The van der Waals surface area contributed by atoms with Gasteiger partial charge in [0.25, 0.3) is 0 Å². The first kappa shape index (κ1) is 11.3. The molecule has 0 spiro atoms. The zero-order valence-electron chi connectivity index (χ0n) is 9.84. The van der Waals surface area contributed by atoms with Gasteiger partial charge in [-0.1, -0.05) is 12.1 Å². The second kappa shape index (κ2) is 5.25. The second-order valence-electron chi connectivity index (χ2n) is 4.09. The summed E-state index contributed by atoms with van der Waals surface area (Å²) in [5.74, 6) is 0. The summed E-state index contributed by atoms with van der Waals surface area (Å²) in [6.07, 6.45) is 1.84. The highest BCUT2D eigenvalue weighted by Crippen LogP contribution is 2.09. The minimum Gasteiger partial charge on any atom is -0.307 e. The maximum Gasteiger partial charge on any atom is 0.0890 e. The Morgan fingerprint density at radius 2 is 1.94 bits per heavy atom. The molecule has 0 aliphatic heterocycles. The molecular weight excluding hydrogens is 242 g/mol. The second-order valence-corrected chi connectivity index (χ2v) is 4.87. The molecule has 1 aromatic carbocycles. The number of fused-ring (bicyclic) bond motifs is 1. The molecule has 0 bridgehead atoms. The van der Waals surface area contributed by atoms with Crippen LogP contribution in [0.4, 0.5) is 0 Å². The van der Waals surface area contributed by atoms with Crippen molar-refractivity contribution in [1.29, 1.82) is 0 Å². The van der Waals surface area contributed by atoms with Gasteiger partial charge in [-0.2, -0.15) is 11.3 Å². The molecule has 0 saturated heterocycles. The van der Waals surface area contributed by atoms with E-state index < -0.39 is 0 Å². The number of hydrogen-bond donors (Lipinski definition) is 1. The Kier molecular flexibility index (Phi) is 3.30. The van der Waals surface area contributed by atoms with Crippen molar-refractivity contribution < 1.29 is 0 Å². The van der Waals surface area contributed by atoms with Gasteiger partial charge in [-0.05, 0) is 34.5 Å². The van der Waals surface area contributed by atoms with E-state index in [1.54, 1.807) is 11.3 Å². The fourth-order valence-corrected chi connectivity index (χ4v) is 2.48. The van der Waals surface area contributed by atoms with Crippen LogP contribution < -0.4 is 5.32 Å². The highest BCUT2D eigenvalue weighted by atomic mass is 32.1. The Bertz CT molecular complexity index is 634. The summed E-state index contributed by atoms with van der Waals surface area (Å²) in [7, 11) is 0. The molecule has 2 aromatic heterocycles. The fourth-order valence-electron chi connectivity index (χ4n) is 1.81. The molecule has 18 heavy (non-hydrogen) atoms. The van der Waals surface area contributed by atoms with Crippen molar-refractivity contribution in [1.82, 2.24) is 15.3 Å². The maximum absolute atomic E-state index is 4.57. The minimum absolute atomic E-state index is 0.744. The lowest BCUT2D eigenvalue weighted by Crippen LogP contribution is -2.13. The van der Waals surface area contributed by atoms with E-state index in [-0.39, 0.29) is 0 Å². The number of benzene rings is 1. The van der Waals surface area contributed by atoms with Crippen molar-refractivity contribution in [2.24, 2.45) is 0 Å². The molecule has 90 valence electrons. The zero-order chi connectivity index (χ0) is 12.2. The number of hydrogen-bond acceptors (Lipinski definition) is 4. The van der Waals surface area contributed by atoms with Crippen LogP contribution >= 0.6 is 11.3 Å². The number of para-hydroxylation sites is 2. The summed E-state index contributed by atoms with van der Waals surface area (Å²) in [5, 5.41) is 7.61. The van der Waals surface area contributed by atoms with Gasteiger partial charge >= 0.3 is 0 Å². The maximum atomic E-state index is 4.57. The highest BCUT2D eigenvalue weighted by Gasteiger charge is 1.99. The quantitative estimate of drug-likeness (QED) is 0.779. The Morgan fingerprint density at radius 3 is 2.78 bits per heavy atom. The number of thiophene rings is 1. The van der Waals surface area contributed by atoms with Crippen molar-refractivity contribution >= 4 is 22.4 Å². The van der Waals surface area contributed by atoms with Gasteiger partial charge in [-0.15, -0.1) is 0 Å². The topological polar surface area (TPSA) is 37.8 Å². The smallest absolute Gasteiger partial charge is 0.0890 e. The average molecular weight is 255 g/mol. The molecule has 0 aliphatic carbocycles. The van der Waals surface area contributed by atoms with Crippen molar-refractivity contribution in [3.63, 3.8) is 0 Å². The molecule has 1 N–H and O–H groups in total. The Morgan fingerprint density at radius 1 is 1.06 bits per heavy atom. The van der Waals surface area contributed by atoms with E-state index in [0.717, 1.165) is 29.8 Å². The lowest BCUT2D eigenvalue weighted by atomic mass is 10.3. The minimum atomic E-state index is 0.744. The molecule has 0 saturated carbocycles. The third-order valence-electron chi connectivity index (χ3n) is 2.71. The van der Waals surface area contributed by atoms with Gasteiger partial charge in [-0.3, -0.25) is 4.98 Å². The van der Waals surface area contributed by atoms with Gasteiger partial charge in [0.2, 0.25) is 0 Å². The standard InChI is InChI=1S/C14H13N3S/c1-2-4-14-13(3-1)16-9-12(17-14)8-15-7-11-5-6-18-10-11/h1-6,9-10,15H,7-8H2. The molecule has 3 rings (SSSR count). The van der Waals surface area contributed by atoms with Crippen LogP contribution in [-0.4, -0.2) is 9.97 Å². The number of aromatic nitrogens is 2. The summed E-state index contributed by atoms with van der Waals surface area (Å²) in [5.41, 5.74) is 4.18. The van der Waals surface area contributed by atoms with Gasteiger partial charge < -0.3 is 5.32 Å². The van der Waals surface area contributed by atoms with Gasteiger partial charge in [0, 0.05) is 13.1 Å². The molecule has 0 atom stereocenters. The summed E-state index contributed by atoms with van der Waals surface area (Å²) >= 11 is 1.72. The van der Waals surface area contributed by atoms with Crippen molar-refractivity contribution in [3.8, 4) is 0 Å². The number of rotatable bonds is 4. The van der Waals surface area contributed by atoms with E-state index in [1.807, 2.05) is 30.5 Å². The van der Waals surface area contributed by atoms with Gasteiger partial charge in [0.05, 0.1) is 22.9 Å². The van der Waals surface area contributed by atoms with Crippen LogP contribution in [0.2, 0.25) is 0 Å². The normalized spacial score (nSPS) is 10.9. The Hall–Kier alpha value is -1.78. The first-order valence-corrected chi connectivity index (χ1v) is 6.78. The molecular formula is C14H13N3S. The molecule has 0 aliphatic rings. The van der Waals surface area contributed by atoms with Crippen LogP contribution in [0.3, 0.4) is 0 Å². The Balaban J connectivity index is 1.67. The van der Waals surface area contributed by atoms with E-state index in [0.29, 0.717) is 0 Å². The van der Waals surface area contributed by atoms with Gasteiger partial charge in [-0.25, -0.2) is 4.98 Å². The molecule has 0 radical (unpaired) electrons. The largest absolute Gasteiger partial charge is 0.307 e. The number of nitrogens with one attached hydrogen (secondary N) is 1. The highest BCUT2D eigenvalue weighted by molar-refractivity contribution is 7.07. The van der Waals surface area contributed by atoms with Crippen LogP contribution in [-0.2, 0) is 13.1 Å². The van der Waals surface area contributed by atoms with Crippen molar-refractivity contribution in [3.05, 3.63) is 58.5 Å². The summed E-state index contributed by atoms with van der Waals surface area (Å²) in [4.78, 5) is 8.97. The van der Waals surface area contributed by atoms with Crippen LogP contribution in [0.15, 0.2) is 47.3 Å². The first-order valence-electron chi connectivity index (χ1n) is 5.84. The lowest BCUT2D eigenvalue weighted by Gasteiger charge is -2.04. The van der Waals surface area contributed by atoms with E-state index in [9.17, 15) is 0 Å². The molecule has 0 fully saturated rings. The summed E-state index contributed by atoms with van der Waals surface area (Å²) in [6.45, 7) is 1.62. The van der Waals surface area contributed by atoms with Crippen LogP contribution in [0.1, 0.15) is 11.3 Å². The molecule has 0 amide bonds. The van der Waals surface area contributed by atoms with E-state index in [2.05, 4.69) is 32.1 Å². The SMILES string of the molecule is c1ccc2nc(CNCc3ccsc3)cnc2c1. The Labute approximate surface area is 110 Å². The first-order chi connectivity index (χ1) is 8.92. The van der Waals surface area contributed by atoms with E-state index >= 15 is 0 Å². The molecule has 2 heterocycles. The molecule has 3 nitrogen and oxygen atoms in total. The van der Waals surface area contributed by atoms with E-state index in [1.165, 1.54) is 5.56 Å². The molecule has 3 aromatic rings. The third-order valence-corrected chi connectivity index (χ3v) is 3.45. The fraction of sp³-hybridized carbons (Fsp3) is 0.143. The monoisotopic (exact) mass is 255 g/mol. The lowest BCUT2D eigenvalue weighted by molar-refractivity contribution is 0.681. The van der Waals surface area contributed by atoms with Crippen LogP contribution in [0, 0.1) is 0 Å². The summed E-state index contributed by atoms with van der Waals surface area (Å²) in [6, 6.07) is 10.1. The predicted octanol–water partition coefficient (Wildman–Crippen LogP) is 2.98. The van der Waals surface area contributed by atoms with E-state index in [4.69, 9.17) is 0 Å². The van der Waals surface area contributed by atoms with Gasteiger partial charge in [0.15, 0.2) is 0 Å². The predicted molar refractivity (Wildman–Crippen MR) is 74.4 cm³/mol. The van der Waals surface area contributed by atoms with Gasteiger partial charge in [0.1, 0.15) is 0 Å². The van der Waals surface area contributed by atoms with Crippen molar-refractivity contribution in [2.75, 3.05) is 0 Å². The third kappa shape index (κ3) is 2.55. The molecule has 0 unspecified atom stereocenters. The summed E-state index contributed by atoms with van der Waals surface area (Å²) < 4.78 is 0. The van der Waals surface area contributed by atoms with Crippen LogP contribution in [0.25, 0.3) is 11.0 Å². The average Bonchev–Trinajstić information content (AvgIpc) is 2.92. The zero-order valence-corrected chi connectivity index (χ0v) is 10.7. The van der Waals surface area contributed by atoms with Crippen LogP contribution in [0.5, 0.6) is 0 Å². The van der Waals surface area contributed by atoms with Crippen molar-refractivity contribution in [2.45, 2.75) is 13.1 Å². The molecule has 4 heteroatoms.